The first-order valence-electron chi connectivity index (χ1n) is 7.07. The van der Waals surface area contributed by atoms with E-state index in [4.69, 9.17) is 0 Å². The summed E-state index contributed by atoms with van der Waals surface area (Å²) in [5.74, 6) is 0.622. The normalized spacial score (nSPS) is 12.2. The second-order valence-electron chi connectivity index (χ2n) is 4.90. The number of carbonyl (C=O) groups excluding carboxylic acids is 1. The third kappa shape index (κ3) is 4.52. The number of hydrogen-bond donors (Lipinski definition) is 1. The fraction of sp³-hybridized carbons (Fsp3) is 0.562. The van der Waals surface area contributed by atoms with Gasteiger partial charge < -0.3 is 5.32 Å². The SMILES string of the molecule is CCCCCC(=O)Nc1ccccc1[C@H](C)CC. The number of para-hydroxylation sites is 1. The van der Waals surface area contributed by atoms with Crippen LogP contribution in [0.1, 0.15) is 64.4 Å². The van der Waals surface area contributed by atoms with E-state index >= 15 is 0 Å². The van der Waals surface area contributed by atoms with Gasteiger partial charge in [0.05, 0.1) is 0 Å². The molecule has 0 spiro atoms. The number of unbranched alkanes of at least 4 members (excludes halogenated alkanes) is 2. The quantitative estimate of drug-likeness (QED) is 0.694. The predicted octanol–water partition coefficient (Wildman–Crippen LogP) is 4.72. The first-order valence-corrected chi connectivity index (χ1v) is 7.07. The second kappa shape index (κ2) is 7.91. The molecule has 100 valence electrons. The van der Waals surface area contributed by atoms with Gasteiger partial charge >= 0.3 is 0 Å². The third-order valence-electron chi connectivity index (χ3n) is 3.39. The van der Waals surface area contributed by atoms with Gasteiger partial charge in [-0.2, -0.15) is 0 Å². The molecule has 0 aromatic heterocycles. The third-order valence-corrected chi connectivity index (χ3v) is 3.39. The molecule has 0 aliphatic carbocycles. The minimum absolute atomic E-state index is 0.138. The van der Waals surface area contributed by atoms with E-state index in [9.17, 15) is 4.79 Å². The van der Waals surface area contributed by atoms with Gasteiger partial charge in [-0.15, -0.1) is 0 Å². The highest BCUT2D eigenvalue weighted by molar-refractivity contribution is 5.91. The van der Waals surface area contributed by atoms with Crippen LogP contribution in [-0.4, -0.2) is 5.91 Å². The molecule has 1 aromatic rings. The highest BCUT2D eigenvalue weighted by Crippen LogP contribution is 2.26. The van der Waals surface area contributed by atoms with Crippen molar-refractivity contribution in [3.8, 4) is 0 Å². The van der Waals surface area contributed by atoms with Crippen LogP contribution in [0.2, 0.25) is 0 Å². The number of benzene rings is 1. The molecule has 2 nitrogen and oxygen atoms in total. The van der Waals surface area contributed by atoms with Crippen LogP contribution in [0, 0.1) is 0 Å². The van der Waals surface area contributed by atoms with Crippen molar-refractivity contribution in [1.29, 1.82) is 0 Å². The number of anilines is 1. The van der Waals surface area contributed by atoms with Gasteiger partial charge in [0.1, 0.15) is 0 Å². The maximum Gasteiger partial charge on any atom is 0.224 e. The molecule has 18 heavy (non-hydrogen) atoms. The van der Waals surface area contributed by atoms with E-state index in [1.54, 1.807) is 0 Å². The smallest absolute Gasteiger partial charge is 0.224 e. The Balaban J connectivity index is 2.63. The van der Waals surface area contributed by atoms with Gasteiger partial charge in [-0.3, -0.25) is 4.79 Å². The number of hydrogen-bond acceptors (Lipinski definition) is 1. The van der Waals surface area contributed by atoms with E-state index in [0.29, 0.717) is 12.3 Å². The van der Waals surface area contributed by atoms with Crippen molar-refractivity contribution >= 4 is 11.6 Å². The number of carbonyl (C=O) groups is 1. The van der Waals surface area contributed by atoms with E-state index in [-0.39, 0.29) is 5.91 Å². The minimum atomic E-state index is 0.138. The Hall–Kier alpha value is -1.31. The van der Waals surface area contributed by atoms with Crippen LogP contribution in [0.4, 0.5) is 5.69 Å². The van der Waals surface area contributed by atoms with Crippen molar-refractivity contribution in [3.05, 3.63) is 29.8 Å². The van der Waals surface area contributed by atoms with Gasteiger partial charge in [0.2, 0.25) is 5.91 Å². The average molecular weight is 247 g/mol. The molecule has 0 saturated heterocycles. The molecule has 0 aliphatic rings. The first kappa shape index (κ1) is 14.7. The maximum absolute atomic E-state index is 11.8. The summed E-state index contributed by atoms with van der Waals surface area (Å²) in [4.78, 5) is 11.8. The number of amides is 1. The average Bonchev–Trinajstić information content (AvgIpc) is 2.39. The number of nitrogens with one attached hydrogen (secondary N) is 1. The summed E-state index contributed by atoms with van der Waals surface area (Å²) < 4.78 is 0. The van der Waals surface area contributed by atoms with Crippen molar-refractivity contribution in [2.24, 2.45) is 0 Å². The highest BCUT2D eigenvalue weighted by atomic mass is 16.1. The van der Waals surface area contributed by atoms with Crippen LogP contribution in [0.5, 0.6) is 0 Å². The summed E-state index contributed by atoms with van der Waals surface area (Å²) >= 11 is 0. The maximum atomic E-state index is 11.8. The molecule has 1 aromatic carbocycles. The van der Waals surface area contributed by atoms with E-state index in [1.165, 1.54) is 5.56 Å². The second-order valence-corrected chi connectivity index (χ2v) is 4.90. The van der Waals surface area contributed by atoms with Gasteiger partial charge in [0, 0.05) is 12.1 Å². The van der Waals surface area contributed by atoms with E-state index in [2.05, 4.69) is 32.2 Å². The van der Waals surface area contributed by atoms with Gasteiger partial charge in [-0.1, -0.05) is 51.8 Å². The lowest BCUT2D eigenvalue weighted by Gasteiger charge is -2.15. The first-order chi connectivity index (χ1) is 8.69. The van der Waals surface area contributed by atoms with Crippen LogP contribution in [0.15, 0.2) is 24.3 Å². The van der Waals surface area contributed by atoms with Crippen LogP contribution in [0.3, 0.4) is 0 Å². The molecule has 0 fully saturated rings. The summed E-state index contributed by atoms with van der Waals surface area (Å²) in [7, 11) is 0. The summed E-state index contributed by atoms with van der Waals surface area (Å²) in [5, 5.41) is 3.05. The molecule has 0 unspecified atom stereocenters. The summed E-state index contributed by atoms with van der Waals surface area (Å²) in [6, 6.07) is 8.12. The van der Waals surface area contributed by atoms with Crippen molar-refractivity contribution < 1.29 is 4.79 Å². The Kier molecular flexibility index (Phi) is 6.48. The lowest BCUT2D eigenvalue weighted by atomic mass is 9.97. The molecule has 0 aliphatic heterocycles. The molecule has 2 heteroatoms. The van der Waals surface area contributed by atoms with Crippen LogP contribution in [0.25, 0.3) is 0 Å². The zero-order valence-electron chi connectivity index (χ0n) is 11.8. The summed E-state index contributed by atoms with van der Waals surface area (Å²) in [6.45, 7) is 6.52. The molecular weight excluding hydrogens is 222 g/mol. The molecule has 1 N–H and O–H groups in total. The van der Waals surface area contributed by atoms with Crippen molar-refractivity contribution in [2.75, 3.05) is 5.32 Å². The van der Waals surface area contributed by atoms with E-state index in [0.717, 1.165) is 31.4 Å². The Morgan fingerprint density at radius 3 is 2.61 bits per heavy atom. The van der Waals surface area contributed by atoms with Gasteiger partial charge in [0.25, 0.3) is 0 Å². The topological polar surface area (TPSA) is 29.1 Å². The predicted molar refractivity (Wildman–Crippen MR) is 77.9 cm³/mol. The van der Waals surface area contributed by atoms with Crippen molar-refractivity contribution in [2.45, 2.75) is 58.8 Å². The van der Waals surface area contributed by atoms with Gasteiger partial charge in [-0.05, 0) is 30.4 Å². The lowest BCUT2D eigenvalue weighted by Crippen LogP contribution is -2.13. The fourth-order valence-corrected chi connectivity index (χ4v) is 2.01. The van der Waals surface area contributed by atoms with Crippen LogP contribution < -0.4 is 5.32 Å². The monoisotopic (exact) mass is 247 g/mol. The minimum Gasteiger partial charge on any atom is -0.326 e. The van der Waals surface area contributed by atoms with E-state index in [1.807, 2.05) is 18.2 Å². The zero-order chi connectivity index (χ0) is 13.4. The van der Waals surface area contributed by atoms with Gasteiger partial charge in [-0.25, -0.2) is 0 Å². The summed E-state index contributed by atoms with van der Waals surface area (Å²) in [6.07, 6.45) is 4.97. The molecule has 1 rings (SSSR count). The van der Waals surface area contributed by atoms with Crippen molar-refractivity contribution in [1.82, 2.24) is 0 Å². The highest BCUT2D eigenvalue weighted by Gasteiger charge is 2.10. The standard InChI is InChI=1S/C16H25NO/c1-4-6-7-12-16(18)17-15-11-9-8-10-14(15)13(3)5-2/h8-11,13H,4-7,12H2,1-3H3,(H,17,18)/t13-/m1/s1. The fourth-order valence-electron chi connectivity index (χ4n) is 2.01. The molecule has 0 bridgehead atoms. The molecule has 0 radical (unpaired) electrons. The van der Waals surface area contributed by atoms with Crippen molar-refractivity contribution in [3.63, 3.8) is 0 Å². The molecule has 0 saturated carbocycles. The van der Waals surface area contributed by atoms with Crippen LogP contribution in [-0.2, 0) is 4.79 Å². The Labute approximate surface area is 111 Å². The Morgan fingerprint density at radius 2 is 1.94 bits per heavy atom. The number of rotatable bonds is 7. The zero-order valence-corrected chi connectivity index (χ0v) is 11.8. The lowest BCUT2D eigenvalue weighted by molar-refractivity contribution is -0.116. The summed E-state index contributed by atoms with van der Waals surface area (Å²) in [5.41, 5.74) is 2.22. The largest absolute Gasteiger partial charge is 0.326 e. The molecular formula is C16H25NO. The molecule has 0 heterocycles. The Morgan fingerprint density at radius 1 is 1.22 bits per heavy atom. The molecule has 1 atom stereocenters. The Bertz CT molecular complexity index is 373. The van der Waals surface area contributed by atoms with Gasteiger partial charge in [0.15, 0.2) is 0 Å². The van der Waals surface area contributed by atoms with E-state index < -0.39 is 0 Å². The van der Waals surface area contributed by atoms with Crippen LogP contribution >= 0.6 is 0 Å². The molecule has 1 amide bonds.